The van der Waals surface area contributed by atoms with Gasteiger partial charge in [-0.1, -0.05) is 0 Å². The van der Waals surface area contributed by atoms with E-state index in [0.29, 0.717) is 0 Å². The van der Waals surface area contributed by atoms with Crippen molar-refractivity contribution in [2.75, 3.05) is 0 Å². The standard InChI is InChI=1S/C10H7N3O5/c14-7-5(8(15)12-9(16)10(17)18)4-11-13-3-1-2-6(7)13/h1-4,14H,(H,17,18)(H,12,15,16). The van der Waals surface area contributed by atoms with Gasteiger partial charge in [0.2, 0.25) is 0 Å². The van der Waals surface area contributed by atoms with E-state index in [4.69, 9.17) is 5.11 Å². The summed E-state index contributed by atoms with van der Waals surface area (Å²) in [5.74, 6) is -4.68. The molecule has 2 aromatic heterocycles. The summed E-state index contributed by atoms with van der Waals surface area (Å²) in [5, 5.41) is 23.5. The summed E-state index contributed by atoms with van der Waals surface area (Å²) >= 11 is 0. The fourth-order valence-corrected chi connectivity index (χ4v) is 1.37. The summed E-state index contributed by atoms with van der Waals surface area (Å²) < 4.78 is 1.32. The normalized spacial score (nSPS) is 10.2. The Balaban J connectivity index is 2.36. The topological polar surface area (TPSA) is 121 Å². The number of hydrogen-bond donors (Lipinski definition) is 3. The van der Waals surface area contributed by atoms with Gasteiger partial charge in [-0.2, -0.15) is 5.10 Å². The fourth-order valence-electron chi connectivity index (χ4n) is 1.37. The average Bonchev–Trinajstić information content (AvgIpc) is 2.78. The molecular formula is C10H7N3O5. The van der Waals surface area contributed by atoms with Gasteiger partial charge in [-0.3, -0.25) is 14.9 Å². The van der Waals surface area contributed by atoms with Crippen LogP contribution in [0.25, 0.3) is 5.52 Å². The summed E-state index contributed by atoms with van der Waals surface area (Å²) in [5.41, 5.74) is -0.0128. The van der Waals surface area contributed by atoms with Crippen molar-refractivity contribution < 1.29 is 24.6 Å². The number of rotatable bonds is 1. The minimum atomic E-state index is -1.79. The van der Waals surface area contributed by atoms with Crippen LogP contribution < -0.4 is 5.32 Å². The molecule has 18 heavy (non-hydrogen) atoms. The molecule has 0 saturated carbocycles. The summed E-state index contributed by atoms with van der Waals surface area (Å²) in [7, 11) is 0. The zero-order valence-corrected chi connectivity index (χ0v) is 8.82. The number of amides is 2. The van der Waals surface area contributed by atoms with Gasteiger partial charge in [-0.25, -0.2) is 9.31 Å². The van der Waals surface area contributed by atoms with Gasteiger partial charge in [-0.15, -0.1) is 0 Å². The Labute approximate surface area is 99.5 Å². The van der Waals surface area contributed by atoms with Gasteiger partial charge >= 0.3 is 11.9 Å². The predicted molar refractivity (Wildman–Crippen MR) is 57.0 cm³/mol. The van der Waals surface area contributed by atoms with Crippen molar-refractivity contribution in [1.82, 2.24) is 14.9 Å². The van der Waals surface area contributed by atoms with E-state index in [0.717, 1.165) is 6.20 Å². The smallest absolute Gasteiger partial charge is 0.394 e. The molecule has 8 heteroatoms. The molecule has 0 atom stereocenters. The van der Waals surface area contributed by atoms with Gasteiger partial charge in [0.05, 0.1) is 6.20 Å². The number of imide groups is 1. The van der Waals surface area contributed by atoms with Gasteiger partial charge < -0.3 is 10.2 Å². The highest BCUT2D eigenvalue weighted by molar-refractivity contribution is 6.35. The molecule has 0 spiro atoms. The van der Waals surface area contributed by atoms with E-state index in [2.05, 4.69) is 5.10 Å². The molecule has 0 aromatic carbocycles. The van der Waals surface area contributed by atoms with Crippen LogP contribution >= 0.6 is 0 Å². The Morgan fingerprint density at radius 1 is 1.33 bits per heavy atom. The maximum Gasteiger partial charge on any atom is 0.394 e. The highest BCUT2D eigenvalue weighted by Gasteiger charge is 2.20. The molecule has 2 amide bonds. The first-order valence-corrected chi connectivity index (χ1v) is 4.74. The SMILES string of the molecule is O=C(O)C(=O)NC(=O)c1cnn2cccc2c1O. The number of fused-ring (bicyclic) bond motifs is 1. The second-order valence-corrected chi connectivity index (χ2v) is 3.33. The summed E-state index contributed by atoms with van der Waals surface area (Å²) in [6.07, 6.45) is 2.59. The van der Waals surface area contributed by atoms with E-state index in [1.807, 2.05) is 0 Å². The molecule has 0 fully saturated rings. The van der Waals surface area contributed by atoms with Crippen LogP contribution in [0.1, 0.15) is 10.4 Å². The fraction of sp³-hybridized carbons (Fsp3) is 0. The van der Waals surface area contributed by atoms with E-state index < -0.39 is 17.8 Å². The van der Waals surface area contributed by atoms with Gasteiger partial charge in [0.1, 0.15) is 11.1 Å². The third kappa shape index (κ3) is 1.86. The van der Waals surface area contributed by atoms with Crippen molar-refractivity contribution in [1.29, 1.82) is 0 Å². The molecule has 0 bridgehead atoms. The first-order chi connectivity index (χ1) is 8.50. The van der Waals surface area contributed by atoms with Crippen LogP contribution in [0.5, 0.6) is 5.75 Å². The molecule has 8 nitrogen and oxygen atoms in total. The maximum absolute atomic E-state index is 11.5. The molecule has 2 rings (SSSR count). The van der Waals surface area contributed by atoms with Crippen molar-refractivity contribution in [3.8, 4) is 5.75 Å². The molecule has 2 aromatic rings. The van der Waals surface area contributed by atoms with Gasteiger partial charge in [-0.05, 0) is 12.1 Å². The van der Waals surface area contributed by atoms with Crippen LogP contribution in [-0.2, 0) is 9.59 Å². The largest absolute Gasteiger partial charge is 0.505 e. The van der Waals surface area contributed by atoms with Crippen LogP contribution in [0, 0.1) is 0 Å². The molecular weight excluding hydrogens is 242 g/mol. The lowest BCUT2D eigenvalue weighted by Crippen LogP contribution is -2.35. The highest BCUT2D eigenvalue weighted by atomic mass is 16.4. The second kappa shape index (κ2) is 4.17. The molecule has 0 aliphatic heterocycles. The first kappa shape index (κ1) is 11.6. The van der Waals surface area contributed by atoms with Crippen molar-refractivity contribution in [2.24, 2.45) is 0 Å². The highest BCUT2D eigenvalue weighted by Crippen LogP contribution is 2.22. The molecule has 0 aliphatic carbocycles. The number of carbonyl (C=O) groups excluding carboxylic acids is 2. The van der Waals surface area contributed by atoms with Crippen LogP contribution in [0.2, 0.25) is 0 Å². The monoisotopic (exact) mass is 249 g/mol. The lowest BCUT2D eigenvalue weighted by Gasteiger charge is -2.05. The van der Waals surface area contributed by atoms with Crippen LogP contribution in [-0.4, -0.2) is 37.6 Å². The van der Waals surface area contributed by atoms with Gasteiger partial charge in [0, 0.05) is 6.20 Å². The third-order valence-electron chi connectivity index (χ3n) is 2.20. The quantitative estimate of drug-likeness (QED) is 0.579. The Bertz CT molecular complexity index is 661. The zero-order valence-electron chi connectivity index (χ0n) is 8.82. The molecule has 0 unspecified atom stereocenters. The first-order valence-electron chi connectivity index (χ1n) is 4.74. The van der Waals surface area contributed by atoms with Crippen LogP contribution in [0.3, 0.4) is 0 Å². The number of aromatic hydroxyl groups is 1. The van der Waals surface area contributed by atoms with Crippen LogP contribution in [0.15, 0.2) is 24.5 Å². The Morgan fingerprint density at radius 2 is 2.06 bits per heavy atom. The van der Waals surface area contributed by atoms with Crippen molar-refractivity contribution >= 4 is 23.3 Å². The zero-order chi connectivity index (χ0) is 13.3. The van der Waals surface area contributed by atoms with E-state index in [-0.39, 0.29) is 16.8 Å². The van der Waals surface area contributed by atoms with E-state index in [1.165, 1.54) is 10.6 Å². The number of aliphatic carboxylic acids is 1. The number of nitrogens with one attached hydrogen (secondary N) is 1. The second-order valence-electron chi connectivity index (χ2n) is 3.33. The molecule has 0 saturated heterocycles. The number of carboxylic acid groups (broad SMARTS) is 1. The number of aromatic nitrogens is 2. The van der Waals surface area contributed by atoms with Gasteiger partial charge in [0.25, 0.3) is 5.91 Å². The number of carboxylic acids is 1. The van der Waals surface area contributed by atoms with Crippen molar-refractivity contribution in [3.05, 3.63) is 30.1 Å². The lowest BCUT2D eigenvalue weighted by atomic mass is 10.2. The van der Waals surface area contributed by atoms with Crippen molar-refractivity contribution in [3.63, 3.8) is 0 Å². The van der Waals surface area contributed by atoms with E-state index >= 15 is 0 Å². The number of carbonyl (C=O) groups is 3. The Kier molecular flexibility index (Phi) is 2.68. The minimum absolute atomic E-state index is 0.269. The predicted octanol–water partition coefficient (Wildman–Crippen LogP) is -0.619. The molecule has 0 radical (unpaired) electrons. The van der Waals surface area contributed by atoms with Gasteiger partial charge in [0.15, 0.2) is 5.75 Å². The maximum atomic E-state index is 11.5. The molecule has 3 N–H and O–H groups in total. The average molecular weight is 249 g/mol. The third-order valence-corrected chi connectivity index (χ3v) is 2.20. The summed E-state index contributed by atoms with van der Waals surface area (Å²) in [6, 6.07) is 3.12. The number of nitrogens with zero attached hydrogens (tertiary/aromatic N) is 2. The Hall–Kier alpha value is -2.90. The molecule has 92 valence electrons. The summed E-state index contributed by atoms with van der Waals surface area (Å²) in [6.45, 7) is 0. The van der Waals surface area contributed by atoms with E-state index in [1.54, 1.807) is 17.6 Å². The lowest BCUT2D eigenvalue weighted by molar-refractivity contribution is -0.149. The Morgan fingerprint density at radius 3 is 2.72 bits per heavy atom. The van der Waals surface area contributed by atoms with E-state index in [9.17, 15) is 19.5 Å². The molecule has 2 heterocycles. The minimum Gasteiger partial charge on any atom is -0.505 e. The summed E-state index contributed by atoms with van der Waals surface area (Å²) in [4.78, 5) is 32.6. The van der Waals surface area contributed by atoms with Crippen molar-refractivity contribution in [2.45, 2.75) is 0 Å². The van der Waals surface area contributed by atoms with Crippen LogP contribution in [0.4, 0.5) is 0 Å². The molecule has 0 aliphatic rings. The number of hydrogen-bond acceptors (Lipinski definition) is 5.